The maximum atomic E-state index is 12.6. The summed E-state index contributed by atoms with van der Waals surface area (Å²) >= 11 is 0. The fourth-order valence-electron chi connectivity index (χ4n) is 3.32. The number of hydrogen-bond acceptors (Lipinski definition) is 6. The van der Waals surface area contributed by atoms with Crippen LogP contribution in [0.15, 0.2) is 18.6 Å². The van der Waals surface area contributed by atoms with E-state index in [0.717, 1.165) is 24.5 Å². The third kappa shape index (κ3) is 2.52. The van der Waals surface area contributed by atoms with E-state index in [2.05, 4.69) is 20.0 Å². The molecule has 1 fully saturated rings. The zero-order valence-electron chi connectivity index (χ0n) is 14.0. The minimum absolute atomic E-state index is 0.0757. The topological polar surface area (TPSA) is 76.4 Å². The van der Waals surface area contributed by atoms with E-state index in [0.29, 0.717) is 18.1 Å². The Morgan fingerprint density at radius 1 is 1.21 bits per heavy atom. The van der Waals surface area contributed by atoms with Crippen molar-refractivity contribution in [3.63, 3.8) is 0 Å². The number of amides is 1. The average molecular weight is 328 g/mol. The highest BCUT2D eigenvalue weighted by Gasteiger charge is 2.32. The third-order valence-electron chi connectivity index (χ3n) is 4.34. The molecular formula is C16H20N6O2. The number of aromatic nitrogens is 4. The molecule has 2 aliphatic heterocycles. The lowest BCUT2D eigenvalue weighted by atomic mass is 10.2. The van der Waals surface area contributed by atoms with Gasteiger partial charge in [-0.05, 0) is 13.8 Å². The van der Waals surface area contributed by atoms with Crippen molar-refractivity contribution in [3.05, 3.63) is 29.8 Å². The minimum Gasteiger partial charge on any atom is -0.372 e. The van der Waals surface area contributed by atoms with Gasteiger partial charge in [-0.25, -0.2) is 9.97 Å². The molecule has 0 aromatic carbocycles. The van der Waals surface area contributed by atoms with Crippen LogP contribution in [-0.2, 0) is 18.3 Å². The number of morpholine rings is 1. The number of rotatable bonds is 2. The first kappa shape index (κ1) is 15.1. The predicted octanol–water partition coefficient (Wildman–Crippen LogP) is 0.984. The minimum atomic E-state index is -0.0757. The van der Waals surface area contributed by atoms with Gasteiger partial charge in [0.05, 0.1) is 41.9 Å². The van der Waals surface area contributed by atoms with Crippen molar-refractivity contribution in [1.82, 2.24) is 19.7 Å². The maximum absolute atomic E-state index is 12.6. The van der Waals surface area contributed by atoms with Crippen LogP contribution in [0.3, 0.4) is 0 Å². The smallest absolute Gasteiger partial charge is 0.262 e. The van der Waals surface area contributed by atoms with E-state index >= 15 is 0 Å². The van der Waals surface area contributed by atoms with Crippen LogP contribution in [0.1, 0.15) is 29.9 Å². The zero-order chi connectivity index (χ0) is 16.8. The molecule has 0 bridgehead atoms. The van der Waals surface area contributed by atoms with Gasteiger partial charge in [0.2, 0.25) is 5.95 Å². The lowest BCUT2D eigenvalue weighted by molar-refractivity contribution is -0.00573. The van der Waals surface area contributed by atoms with E-state index in [-0.39, 0.29) is 18.1 Å². The molecule has 0 radical (unpaired) electrons. The van der Waals surface area contributed by atoms with Crippen LogP contribution in [0.25, 0.3) is 0 Å². The van der Waals surface area contributed by atoms with Gasteiger partial charge in [-0.3, -0.25) is 14.4 Å². The summed E-state index contributed by atoms with van der Waals surface area (Å²) in [5, 5.41) is 4.13. The van der Waals surface area contributed by atoms with Crippen LogP contribution in [0, 0.1) is 0 Å². The molecule has 0 unspecified atom stereocenters. The molecular weight excluding hydrogens is 308 g/mol. The summed E-state index contributed by atoms with van der Waals surface area (Å²) in [4.78, 5) is 25.4. The second-order valence-electron chi connectivity index (χ2n) is 6.46. The van der Waals surface area contributed by atoms with Crippen LogP contribution < -0.4 is 9.80 Å². The highest BCUT2D eigenvalue weighted by molar-refractivity contribution is 6.09. The van der Waals surface area contributed by atoms with Gasteiger partial charge in [-0.15, -0.1) is 0 Å². The Kier molecular flexibility index (Phi) is 3.49. The molecule has 24 heavy (non-hydrogen) atoms. The Labute approximate surface area is 140 Å². The maximum Gasteiger partial charge on any atom is 0.262 e. The van der Waals surface area contributed by atoms with Crippen molar-refractivity contribution in [2.75, 3.05) is 22.9 Å². The van der Waals surface area contributed by atoms with E-state index < -0.39 is 0 Å². The first-order valence-corrected chi connectivity index (χ1v) is 8.08. The van der Waals surface area contributed by atoms with E-state index in [1.165, 1.54) is 0 Å². The first-order valence-electron chi connectivity index (χ1n) is 8.08. The average Bonchev–Trinajstić information content (AvgIpc) is 3.10. The number of anilines is 2. The van der Waals surface area contributed by atoms with Crippen LogP contribution >= 0.6 is 0 Å². The van der Waals surface area contributed by atoms with Crippen molar-refractivity contribution >= 4 is 17.5 Å². The summed E-state index contributed by atoms with van der Waals surface area (Å²) in [6.07, 6.45) is 5.42. The number of aryl methyl sites for hydroxylation is 1. The molecule has 0 spiro atoms. The molecule has 0 aliphatic carbocycles. The van der Waals surface area contributed by atoms with Crippen molar-refractivity contribution in [2.45, 2.75) is 32.6 Å². The van der Waals surface area contributed by atoms with Gasteiger partial charge in [0, 0.05) is 32.5 Å². The van der Waals surface area contributed by atoms with E-state index in [1.54, 1.807) is 22.0 Å². The third-order valence-corrected chi connectivity index (χ3v) is 4.34. The van der Waals surface area contributed by atoms with E-state index in [9.17, 15) is 4.79 Å². The fourth-order valence-corrected chi connectivity index (χ4v) is 3.32. The molecule has 126 valence electrons. The van der Waals surface area contributed by atoms with Crippen LogP contribution in [0.5, 0.6) is 0 Å². The van der Waals surface area contributed by atoms with Crippen LogP contribution in [0.2, 0.25) is 0 Å². The SMILES string of the molecule is C[C@H]1CN(c2ncc3c(n2)CN(c2cnn(C)c2)C3=O)C[C@H](C)O1. The fraction of sp³-hybridized carbons (Fsp3) is 0.500. The zero-order valence-corrected chi connectivity index (χ0v) is 14.0. The standard InChI is InChI=1S/C16H20N6O2/c1-10-6-21(7-11(2)24-10)16-17-5-13-14(19-16)9-22(15(13)23)12-4-18-20(3)8-12/h4-5,8,10-11H,6-7,9H2,1-3H3/t10-,11-/m0/s1. The number of carbonyl (C=O) groups is 1. The largest absolute Gasteiger partial charge is 0.372 e. The van der Waals surface area contributed by atoms with Gasteiger partial charge in [0.15, 0.2) is 0 Å². The molecule has 4 heterocycles. The van der Waals surface area contributed by atoms with Gasteiger partial charge in [-0.1, -0.05) is 0 Å². The molecule has 1 amide bonds. The summed E-state index contributed by atoms with van der Waals surface area (Å²) in [5.41, 5.74) is 2.10. The molecule has 0 saturated carbocycles. The van der Waals surface area contributed by atoms with Crippen molar-refractivity contribution in [2.24, 2.45) is 7.05 Å². The monoisotopic (exact) mass is 328 g/mol. The summed E-state index contributed by atoms with van der Waals surface area (Å²) in [7, 11) is 1.83. The highest BCUT2D eigenvalue weighted by atomic mass is 16.5. The predicted molar refractivity (Wildman–Crippen MR) is 88.0 cm³/mol. The molecule has 4 rings (SSSR count). The molecule has 8 heteroatoms. The Morgan fingerprint density at radius 2 is 1.96 bits per heavy atom. The molecule has 2 aromatic rings. The number of hydrogen-bond donors (Lipinski definition) is 0. The number of nitrogens with zero attached hydrogens (tertiary/aromatic N) is 6. The van der Waals surface area contributed by atoms with E-state index in [4.69, 9.17) is 4.74 Å². The van der Waals surface area contributed by atoms with Crippen LogP contribution in [0.4, 0.5) is 11.6 Å². The second-order valence-corrected chi connectivity index (χ2v) is 6.46. The first-order chi connectivity index (χ1) is 11.5. The molecule has 2 atom stereocenters. The molecule has 0 N–H and O–H groups in total. The van der Waals surface area contributed by atoms with Gasteiger partial charge >= 0.3 is 0 Å². The molecule has 2 aromatic heterocycles. The summed E-state index contributed by atoms with van der Waals surface area (Å²) in [6, 6.07) is 0. The molecule has 2 aliphatic rings. The quantitative estimate of drug-likeness (QED) is 0.818. The van der Waals surface area contributed by atoms with Crippen LogP contribution in [-0.4, -0.2) is 51.0 Å². The number of ether oxygens (including phenoxy) is 1. The Hall–Kier alpha value is -2.48. The summed E-state index contributed by atoms with van der Waals surface area (Å²) in [5.74, 6) is 0.588. The summed E-state index contributed by atoms with van der Waals surface area (Å²) in [6.45, 7) is 6.05. The Morgan fingerprint density at radius 3 is 2.62 bits per heavy atom. The summed E-state index contributed by atoms with van der Waals surface area (Å²) < 4.78 is 7.44. The van der Waals surface area contributed by atoms with E-state index in [1.807, 2.05) is 27.1 Å². The normalized spacial score (nSPS) is 23.7. The molecule has 1 saturated heterocycles. The van der Waals surface area contributed by atoms with Gasteiger partial charge in [0.25, 0.3) is 5.91 Å². The van der Waals surface area contributed by atoms with Crippen molar-refractivity contribution in [3.8, 4) is 0 Å². The number of carbonyl (C=O) groups excluding carboxylic acids is 1. The lowest BCUT2D eigenvalue weighted by Gasteiger charge is -2.35. The second kappa shape index (κ2) is 5.55. The van der Waals surface area contributed by atoms with Gasteiger partial charge in [0.1, 0.15) is 0 Å². The Balaban J connectivity index is 1.61. The Bertz CT molecular complexity index is 779. The van der Waals surface area contributed by atoms with Gasteiger partial charge < -0.3 is 9.64 Å². The number of fused-ring (bicyclic) bond motifs is 1. The highest BCUT2D eigenvalue weighted by Crippen LogP contribution is 2.28. The van der Waals surface area contributed by atoms with Gasteiger partial charge in [-0.2, -0.15) is 5.10 Å². The van der Waals surface area contributed by atoms with Crippen molar-refractivity contribution in [1.29, 1.82) is 0 Å². The lowest BCUT2D eigenvalue weighted by Crippen LogP contribution is -2.46. The van der Waals surface area contributed by atoms with Crippen molar-refractivity contribution < 1.29 is 9.53 Å². The molecule has 8 nitrogen and oxygen atoms in total.